The molecule has 2 aromatic carbocycles. The average molecular weight is 290 g/mol. The van der Waals surface area contributed by atoms with E-state index in [0.717, 1.165) is 5.56 Å². The number of carbonyl (C=O) groups excluding carboxylic acids is 1. The maximum atomic E-state index is 12.4. The van der Waals surface area contributed by atoms with E-state index in [4.69, 9.17) is 11.6 Å². The molecular weight excluding hydrogens is 274 g/mol. The summed E-state index contributed by atoms with van der Waals surface area (Å²) in [5, 5.41) is 12.4. The molecule has 0 fully saturated rings. The number of benzene rings is 2. The highest BCUT2D eigenvalue weighted by molar-refractivity contribution is 6.32. The highest BCUT2D eigenvalue weighted by Gasteiger charge is 2.29. The second-order valence-electron chi connectivity index (χ2n) is 5.11. The third-order valence-corrected chi connectivity index (χ3v) is 3.57. The van der Waals surface area contributed by atoms with Crippen LogP contribution >= 0.6 is 11.6 Å². The number of phenols is 1. The predicted octanol–water partition coefficient (Wildman–Crippen LogP) is 3.96. The lowest BCUT2D eigenvalue weighted by Crippen LogP contribution is -2.34. The summed E-state index contributed by atoms with van der Waals surface area (Å²) in [4.78, 5) is 12.4. The van der Waals surface area contributed by atoms with Gasteiger partial charge in [0.05, 0.1) is 10.4 Å². The van der Waals surface area contributed by atoms with E-state index in [1.165, 1.54) is 12.1 Å². The Morgan fingerprint density at radius 2 is 1.80 bits per heavy atom. The van der Waals surface area contributed by atoms with Crippen molar-refractivity contribution in [2.24, 2.45) is 0 Å². The van der Waals surface area contributed by atoms with Gasteiger partial charge in [-0.15, -0.1) is 0 Å². The van der Waals surface area contributed by atoms with Crippen molar-refractivity contribution in [2.75, 3.05) is 5.32 Å². The van der Waals surface area contributed by atoms with Crippen LogP contribution in [0, 0.1) is 0 Å². The van der Waals surface area contributed by atoms with Gasteiger partial charge >= 0.3 is 0 Å². The number of phenolic OH excluding ortho intramolecular Hbond substituents is 1. The molecule has 0 saturated carbocycles. The lowest BCUT2D eigenvalue weighted by Gasteiger charge is -2.24. The number of carbonyl (C=O) groups is 1. The van der Waals surface area contributed by atoms with Gasteiger partial charge in [0.2, 0.25) is 5.91 Å². The average Bonchev–Trinajstić information content (AvgIpc) is 2.44. The standard InChI is InChI=1S/C16H16ClNO2/c1-16(2,11-6-4-3-5-7-11)15(20)18-12-8-9-14(19)13(17)10-12/h3-10,19H,1-2H3,(H,18,20). The van der Waals surface area contributed by atoms with Crippen LogP contribution in [0.15, 0.2) is 48.5 Å². The van der Waals surface area contributed by atoms with Crippen molar-refractivity contribution in [3.63, 3.8) is 0 Å². The van der Waals surface area contributed by atoms with E-state index in [9.17, 15) is 9.90 Å². The van der Waals surface area contributed by atoms with E-state index in [1.54, 1.807) is 6.07 Å². The summed E-state index contributed by atoms with van der Waals surface area (Å²) in [6.07, 6.45) is 0. The second kappa shape index (κ2) is 5.55. The minimum absolute atomic E-state index is 0.00742. The molecule has 4 heteroatoms. The number of anilines is 1. The Labute approximate surface area is 123 Å². The fourth-order valence-corrected chi connectivity index (χ4v) is 2.04. The Bertz CT molecular complexity index is 624. The summed E-state index contributed by atoms with van der Waals surface area (Å²) in [6.45, 7) is 3.72. The molecule has 0 aromatic heterocycles. The number of rotatable bonds is 3. The highest BCUT2D eigenvalue weighted by atomic mass is 35.5. The zero-order valence-corrected chi connectivity index (χ0v) is 12.1. The molecule has 20 heavy (non-hydrogen) atoms. The van der Waals surface area contributed by atoms with E-state index >= 15 is 0 Å². The molecule has 0 saturated heterocycles. The second-order valence-corrected chi connectivity index (χ2v) is 5.52. The predicted molar refractivity (Wildman–Crippen MR) is 81.2 cm³/mol. The zero-order valence-electron chi connectivity index (χ0n) is 11.4. The number of halogens is 1. The molecule has 2 aromatic rings. The Morgan fingerprint density at radius 3 is 2.40 bits per heavy atom. The molecule has 2 rings (SSSR count). The number of hydrogen-bond acceptors (Lipinski definition) is 2. The monoisotopic (exact) mass is 289 g/mol. The molecule has 0 aliphatic heterocycles. The molecule has 3 nitrogen and oxygen atoms in total. The van der Waals surface area contributed by atoms with Crippen LogP contribution in [0.5, 0.6) is 5.75 Å². The first-order valence-electron chi connectivity index (χ1n) is 6.27. The lowest BCUT2D eigenvalue weighted by atomic mass is 9.83. The summed E-state index contributed by atoms with van der Waals surface area (Å²) in [6, 6.07) is 14.1. The van der Waals surface area contributed by atoms with Crippen molar-refractivity contribution in [3.05, 3.63) is 59.1 Å². The van der Waals surface area contributed by atoms with Gasteiger partial charge in [-0.25, -0.2) is 0 Å². The van der Waals surface area contributed by atoms with Crippen molar-refractivity contribution < 1.29 is 9.90 Å². The van der Waals surface area contributed by atoms with Gasteiger partial charge in [0, 0.05) is 5.69 Å². The minimum atomic E-state index is -0.661. The number of amides is 1. The summed E-state index contributed by atoms with van der Waals surface area (Å²) in [7, 11) is 0. The molecular formula is C16H16ClNO2. The topological polar surface area (TPSA) is 49.3 Å². The first kappa shape index (κ1) is 14.4. The Kier molecular flexibility index (Phi) is 4.00. The zero-order chi connectivity index (χ0) is 14.8. The Morgan fingerprint density at radius 1 is 1.15 bits per heavy atom. The van der Waals surface area contributed by atoms with Gasteiger partial charge in [0.1, 0.15) is 5.75 Å². The van der Waals surface area contributed by atoms with Crippen LogP contribution in [0.3, 0.4) is 0 Å². The molecule has 1 amide bonds. The summed E-state index contributed by atoms with van der Waals surface area (Å²) in [5.41, 5.74) is 0.829. The van der Waals surface area contributed by atoms with Crippen LogP contribution in [0.1, 0.15) is 19.4 Å². The van der Waals surface area contributed by atoms with Crippen molar-refractivity contribution in [1.82, 2.24) is 0 Å². The van der Waals surface area contributed by atoms with Crippen molar-refractivity contribution in [1.29, 1.82) is 0 Å². The molecule has 0 unspecified atom stereocenters. The van der Waals surface area contributed by atoms with Gasteiger partial charge < -0.3 is 10.4 Å². The van der Waals surface area contributed by atoms with E-state index < -0.39 is 5.41 Å². The van der Waals surface area contributed by atoms with Crippen LogP contribution in [0.2, 0.25) is 5.02 Å². The third-order valence-electron chi connectivity index (χ3n) is 3.27. The minimum Gasteiger partial charge on any atom is -0.506 e. The van der Waals surface area contributed by atoms with Crippen LogP contribution in [-0.4, -0.2) is 11.0 Å². The Hall–Kier alpha value is -2.00. The molecule has 0 atom stereocenters. The van der Waals surface area contributed by atoms with Crippen LogP contribution in [0.4, 0.5) is 5.69 Å². The van der Waals surface area contributed by atoms with Gasteiger partial charge in [-0.05, 0) is 37.6 Å². The van der Waals surface area contributed by atoms with Gasteiger partial charge in [-0.2, -0.15) is 0 Å². The molecule has 0 bridgehead atoms. The van der Waals surface area contributed by atoms with E-state index in [-0.39, 0.29) is 16.7 Å². The van der Waals surface area contributed by atoms with E-state index in [2.05, 4.69) is 5.32 Å². The maximum absolute atomic E-state index is 12.4. The van der Waals surface area contributed by atoms with Crippen molar-refractivity contribution in [2.45, 2.75) is 19.3 Å². The smallest absolute Gasteiger partial charge is 0.234 e. The Balaban J connectivity index is 2.21. The first-order chi connectivity index (χ1) is 9.41. The number of hydrogen-bond donors (Lipinski definition) is 2. The molecule has 0 aliphatic carbocycles. The highest BCUT2D eigenvalue weighted by Crippen LogP contribution is 2.28. The summed E-state index contributed by atoms with van der Waals surface area (Å²) < 4.78 is 0. The van der Waals surface area contributed by atoms with Gasteiger partial charge in [0.25, 0.3) is 0 Å². The third kappa shape index (κ3) is 2.94. The fraction of sp³-hybridized carbons (Fsp3) is 0.188. The SMILES string of the molecule is CC(C)(C(=O)Nc1ccc(O)c(Cl)c1)c1ccccc1. The quantitative estimate of drug-likeness (QED) is 0.840. The van der Waals surface area contributed by atoms with E-state index in [1.807, 2.05) is 44.2 Å². The molecule has 0 radical (unpaired) electrons. The molecule has 2 N–H and O–H groups in total. The van der Waals surface area contributed by atoms with E-state index in [0.29, 0.717) is 5.69 Å². The van der Waals surface area contributed by atoms with Crippen LogP contribution < -0.4 is 5.32 Å². The van der Waals surface area contributed by atoms with Gasteiger partial charge in [0.15, 0.2) is 0 Å². The lowest BCUT2D eigenvalue weighted by molar-refractivity contribution is -0.120. The molecule has 0 spiro atoms. The number of aromatic hydroxyl groups is 1. The molecule has 0 aliphatic rings. The first-order valence-corrected chi connectivity index (χ1v) is 6.64. The largest absolute Gasteiger partial charge is 0.506 e. The summed E-state index contributed by atoms with van der Waals surface area (Å²) in [5.74, 6) is -0.141. The molecule has 0 heterocycles. The van der Waals surface area contributed by atoms with Crippen LogP contribution in [0.25, 0.3) is 0 Å². The maximum Gasteiger partial charge on any atom is 0.234 e. The van der Waals surface area contributed by atoms with Crippen LogP contribution in [-0.2, 0) is 10.2 Å². The fourth-order valence-electron chi connectivity index (χ4n) is 1.86. The normalized spacial score (nSPS) is 11.2. The molecule has 104 valence electrons. The summed E-state index contributed by atoms with van der Waals surface area (Å²) >= 11 is 5.83. The number of nitrogens with one attached hydrogen (secondary N) is 1. The van der Waals surface area contributed by atoms with Gasteiger partial charge in [-0.1, -0.05) is 41.9 Å². The van der Waals surface area contributed by atoms with Crippen molar-refractivity contribution >= 4 is 23.2 Å². The van der Waals surface area contributed by atoms with Crippen molar-refractivity contribution in [3.8, 4) is 5.75 Å². The van der Waals surface area contributed by atoms with Gasteiger partial charge in [-0.3, -0.25) is 4.79 Å².